The maximum atomic E-state index is 13.1. The fraction of sp³-hybridized carbons (Fsp3) is 0.425. The highest BCUT2D eigenvalue weighted by Crippen LogP contribution is 2.43. The third-order valence-corrected chi connectivity index (χ3v) is 22.6. The van der Waals surface area contributed by atoms with Gasteiger partial charge in [0.25, 0.3) is 5.91 Å². The number of carbonyl (C=O) groups excluding carboxylic acids is 4. The molecule has 4 N–H and O–H groups in total. The Hall–Kier alpha value is -10.2. The van der Waals surface area contributed by atoms with Crippen LogP contribution in [0.25, 0.3) is 0 Å². The second kappa shape index (κ2) is 40.5. The van der Waals surface area contributed by atoms with Crippen LogP contribution < -0.4 is 4.18 Å². The number of nitrogens with zero attached hydrogens (tertiary/aromatic N) is 4. The smallest absolute Gasteiger partial charge is 0.508 e. The van der Waals surface area contributed by atoms with Gasteiger partial charge in [-0.2, -0.15) is 63.7 Å². The average Bonchev–Trinajstić information content (AvgIpc) is 0.799. The maximum absolute atomic E-state index is 13.1. The van der Waals surface area contributed by atoms with E-state index in [4.69, 9.17) is 26.0 Å². The van der Waals surface area contributed by atoms with Crippen molar-refractivity contribution >= 4 is 39.3 Å². The summed E-state index contributed by atoms with van der Waals surface area (Å²) in [6.45, 7) is 6.06. The molecule has 12 rings (SSSR count). The number of Topliss-reactive ketones (excluding diaryl/α,β-unsaturated/α-hetero) is 3. The zero-order chi connectivity index (χ0) is 83.1. The van der Waals surface area contributed by atoms with Crippen LogP contribution in [0.2, 0.25) is 0 Å². The molecule has 5 fully saturated rings. The van der Waals surface area contributed by atoms with Crippen LogP contribution in [0, 0.1) is 39.9 Å². The highest BCUT2D eigenvalue weighted by molar-refractivity contribution is 7.88. The zero-order valence-electron chi connectivity index (χ0n) is 63.2. The van der Waals surface area contributed by atoms with Gasteiger partial charge in [-0.1, -0.05) is 105 Å². The Balaban J connectivity index is 0.000000194. The van der Waals surface area contributed by atoms with Crippen molar-refractivity contribution in [2.24, 2.45) is 5.92 Å². The van der Waals surface area contributed by atoms with E-state index in [-0.39, 0.29) is 40.5 Å². The lowest BCUT2D eigenvalue weighted by atomic mass is 9.79. The number of phenolic OH excluding ortho intramolecular Hbond substituents is 1. The number of aromatic hydroxyl groups is 1. The molecular formula is C87H93F9N4O12S. The molecule has 0 aliphatic heterocycles. The molecule has 5 saturated carbocycles. The topological polar surface area (TPSA) is 284 Å². The van der Waals surface area contributed by atoms with Crippen molar-refractivity contribution < 1.29 is 96.5 Å². The Kier molecular flexibility index (Phi) is 32.3. The van der Waals surface area contributed by atoms with E-state index >= 15 is 0 Å². The SMILES string of the molecule is CC1CCC(c2ccc(C#N)cc2)CC1.CCN(C(=O)c1ccc([C@](C)(O)C(F)(F)F)cc1)C1CCC(c2ccc(C#N)cc2)CC1.C[C@](O)(c1ccc(C(=O)O)cc1)C(F)(F)F.N#Cc1ccc(C2CCC(=O)CC2)cc1.O=C1CCC(c2ccc(O)cc2)CC1.O=C1CCC(c2ccc(OS(=O)(=O)C(F)(F)F)cc2)CC1. The molecule has 602 valence electrons. The summed E-state index contributed by atoms with van der Waals surface area (Å²) in [6, 6.07) is 51.7. The van der Waals surface area contributed by atoms with Gasteiger partial charge in [-0.15, -0.1) is 0 Å². The van der Waals surface area contributed by atoms with Crippen LogP contribution in [0.3, 0.4) is 0 Å². The van der Waals surface area contributed by atoms with Gasteiger partial charge in [-0.25, -0.2) is 4.79 Å². The minimum atomic E-state index is -5.64. The number of amides is 1. The maximum Gasteiger partial charge on any atom is 0.534 e. The number of alkyl halides is 9. The standard InChI is InChI=1S/C25H27F3N2O2.C14H17N.C13H13F3O4S.C13H13NO.C12H14O2.C10H9F3O3/c1-3-30(22-14-10-19(11-15-22)18-6-4-17(16-29)5-7-18)23(31)20-8-12-21(13-9-20)24(2,32)25(26,27)28;1-11-2-6-13(7-3-11)14-8-4-12(10-15)5-9-14;14-13(15,16)21(18,19)20-12-7-3-10(4-8-12)9-1-5-11(17)6-2-9;14-9-10-1-3-11(4-2-10)12-5-7-13(15)8-6-12;13-11-5-1-9(2-6-11)10-3-7-12(14)8-4-10;1-9(16,10(11,12)13)7-4-2-6(3-5-7)8(14)15/h4-9,12-13,19,22,32H,3,10-11,14-15H2,1-2H3;4-5,8-9,11,13H,2-3,6-7H2,1H3;3-4,7-9H,1-2,5-6H2;1-4,12H,5-8H2;1-2,5-6,10,13H,3-4,7-8H2;2-5,16H,1H3,(H,14,15)/t19?,22?,24-;;;;;9-/m0....0/s1. The molecule has 0 bridgehead atoms. The van der Waals surface area contributed by atoms with E-state index in [1.165, 1.54) is 84.3 Å². The molecule has 16 nitrogen and oxygen atoms in total. The van der Waals surface area contributed by atoms with Crippen LogP contribution in [-0.2, 0) is 35.7 Å². The fourth-order valence-electron chi connectivity index (χ4n) is 14.3. The molecule has 0 spiro atoms. The lowest BCUT2D eigenvalue weighted by molar-refractivity contribution is -0.259. The van der Waals surface area contributed by atoms with E-state index in [1.54, 1.807) is 17.0 Å². The first-order valence-corrected chi connectivity index (χ1v) is 39.0. The number of rotatable bonds is 13. The van der Waals surface area contributed by atoms with Crippen LogP contribution in [0.4, 0.5) is 39.5 Å². The van der Waals surface area contributed by atoms with E-state index < -0.39 is 50.7 Å². The minimum Gasteiger partial charge on any atom is -0.508 e. The first kappa shape index (κ1) is 90.0. The largest absolute Gasteiger partial charge is 0.534 e. The van der Waals surface area contributed by atoms with E-state index in [2.05, 4.69) is 41.4 Å². The van der Waals surface area contributed by atoms with Gasteiger partial charge in [0.1, 0.15) is 28.8 Å². The number of phenols is 1. The fourth-order valence-corrected chi connectivity index (χ4v) is 14.7. The molecule has 0 radical (unpaired) electrons. The molecule has 0 heterocycles. The summed E-state index contributed by atoms with van der Waals surface area (Å²) >= 11 is 0. The molecule has 5 aliphatic carbocycles. The summed E-state index contributed by atoms with van der Waals surface area (Å²) in [5.41, 5.74) is -3.84. The Morgan fingerprint density at radius 3 is 1.01 bits per heavy atom. The van der Waals surface area contributed by atoms with Crippen LogP contribution in [0.15, 0.2) is 170 Å². The predicted octanol–water partition coefficient (Wildman–Crippen LogP) is 20.1. The normalized spacial score (nSPS) is 19.4. The average molecular weight is 1590 g/mol. The van der Waals surface area contributed by atoms with E-state index in [0.717, 1.165) is 111 Å². The van der Waals surface area contributed by atoms with Crippen molar-refractivity contribution in [2.45, 2.75) is 221 Å². The number of benzene rings is 7. The molecular weight excluding hydrogens is 1500 g/mol. The third-order valence-electron chi connectivity index (χ3n) is 21.6. The third kappa shape index (κ3) is 25.9. The number of hydrogen-bond acceptors (Lipinski definition) is 14. The number of aliphatic hydroxyl groups is 2. The summed E-state index contributed by atoms with van der Waals surface area (Å²) in [7, 11) is -5.64. The molecule has 5 aliphatic rings. The Morgan fingerprint density at radius 2 is 0.726 bits per heavy atom. The van der Waals surface area contributed by atoms with Crippen molar-refractivity contribution in [1.82, 2.24) is 4.90 Å². The number of carboxylic acids is 1. The van der Waals surface area contributed by atoms with Gasteiger partial charge in [-0.3, -0.25) is 19.2 Å². The predicted molar refractivity (Wildman–Crippen MR) is 405 cm³/mol. The van der Waals surface area contributed by atoms with Gasteiger partial charge in [0.05, 0.1) is 40.5 Å². The van der Waals surface area contributed by atoms with Crippen LogP contribution in [-0.4, -0.2) is 93.4 Å². The molecule has 113 heavy (non-hydrogen) atoms. The number of nitriles is 3. The van der Waals surface area contributed by atoms with Crippen molar-refractivity contribution in [3.05, 3.63) is 237 Å². The minimum absolute atomic E-state index is 0.0695. The molecule has 26 heteroatoms. The van der Waals surface area contributed by atoms with Crippen LogP contribution in [0.1, 0.15) is 262 Å². The number of carbonyl (C=O) groups is 5. The summed E-state index contributed by atoms with van der Waals surface area (Å²) in [5.74, 6) is 2.65. The monoisotopic (exact) mass is 1590 g/mol. The van der Waals surface area contributed by atoms with Crippen molar-refractivity contribution in [2.75, 3.05) is 6.54 Å². The highest BCUT2D eigenvalue weighted by Gasteiger charge is 2.52. The Morgan fingerprint density at radius 1 is 0.442 bits per heavy atom. The Bertz CT molecular complexity index is 4510. The molecule has 2 atom stereocenters. The van der Waals surface area contributed by atoms with Gasteiger partial charge >= 0.3 is 33.9 Å². The molecule has 1 amide bonds. The number of hydrogen-bond donors (Lipinski definition) is 4. The first-order chi connectivity index (χ1) is 53.3. The number of halogens is 9. The van der Waals surface area contributed by atoms with Gasteiger partial charge < -0.3 is 29.5 Å². The first-order valence-electron chi connectivity index (χ1n) is 37.6. The molecule has 0 aromatic heterocycles. The van der Waals surface area contributed by atoms with Crippen LogP contribution in [0.5, 0.6) is 11.5 Å². The van der Waals surface area contributed by atoms with Crippen molar-refractivity contribution in [1.29, 1.82) is 15.8 Å². The van der Waals surface area contributed by atoms with E-state index in [0.29, 0.717) is 124 Å². The summed E-state index contributed by atoms with van der Waals surface area (Å²) in [4.78, 5) is 58.6. The number of ketones is 3. The molecule has 0 saturated heterocycles. The van der Waals surface area contributed by atoms with E-state index in [9.17, 15) is 82.1 Å². The highest BCUT2D eigenvalue weighted by atomic mass is 32.2. The summed E-state index contributed by atoms with van der Waals surface area (Å²) in [5, 5.41) is 63.1. The van der Waals surface area contributed by atoms with E-state index in [1.807, 2.05) is 79.7 Å². The second-order valence-corrected chi connectivity index (χ2v) is 31.0. The van der Waals surface area contributed by atoms with Gasteiger partial charge in [-0.05, 0) is 257 Å². The van der Waals surface area contributed by atoms with Gasteiger partial charge in [0.2, 0.25) is 0 Å². The lowest BCUT2D eigenvalue weighted by Gasteiger charge is -2.37. The molecule has 7 aromatic rings. The zero-order valence-corrected chi connectivity index (χ0v) is 64.0. The van der Waals surface area contributed by atoms with Crippen molar-refractivity contribution in [3.63, 3.8) is 0 Å². The number of aromatic carboxylic acids is 1. The quantitative estimate of drug-likeness (QED) is 0.0474. The van der Waals surface area contributed by atoms with Gasteiger partial charge in [0, 0.05) is 56.7 Å². The van der Waals surface area contributed by atoms with Crippen LogP contribution >= 0.6 is 0 Å². The number of carboxylic acid groups (broad SMARTS) is 1. The molecule has 7 aromatic carbocycles. The van der Waals surface area contributed by atoms with Gasteiger partial charge in [0.15, 0.2) is 11.2 Å². The Labute approximate surface area is 653 Å². The summed E-state index contributed by atoms with van der Waals surface area (Å²) in [6.07, 6.45) is 8.32. The second-order valence-electron chi connectivity index (χ2n) is 29.4. The molecule has 0 unspecified atom stereocenters. The van der Waals surface area contributed by atoms with Crippen molar-refractivity contribution in [3.8, 4) is 29.7 Å². The lowest BCUT2D eigenvalue weighted by Crippen LogP contribution is -2.42. The summed E-state index contributed by atoms with van der Waals surface area (Å²) < 4.78 is 139.